The van der Waals surface area contributed by atoms with Crippen LogP contribution in [0.15, 0.2) is 60.7 Å². The number of hydrogen-bond acceptors (Lipinski definition) is 5. The van der Waals surface area contributed by atoms with Crippen LogP contribution in [0.3, 0.4) is 0 Å². The fourth-order valence-electron chi connectivity index (χ4n) is 4.29. The van der Waals surface area contributed by atoms with Crippen molar-refractivity contribution >= 4 is 23.5 Å². The van der Waals surface area contributed by atoms with E-state index in [0.717, 1.165) is 11.1 Å². The molecule has 6 nitrogen and oxygen atoms in total. The maximum atomic E-state index is 13.7. The number of methoxy groups -OCH3 is 1. The van der Waals surface area contributed by atoms with Crippen LogP contribution in [-0.2, 0) is 0 Å². The largest absolute Gasteiger partial charge is 0.493 e. The lowest BCUT2D eigenvalue weighted by Gasteiger charge is -2.25. The van der Waals surface area contributed by atoms with Crippen LogP contribution in [0, 0.1) is 0 Å². The molecular formula is C28H27NO5. The van der Waals surface area contributed by atoms with Gasteiger partial charge in [-0.2, -0.15) is 0 Å². The first kappa shape index (κ1) is 23.2. The molecule has 0 aliphatic carbocycles. The number of fused-ring (bicyclic) bond motifs is 1. The van der Waals surface area contributed by atoms with Gasteiger partial charge in [-0.1, -0.05) is 64.1 Å². The second kappa shape index (κ2) is 9.14. The number of ether oxygens (including phenoxy) is 2. The van der Waals surface area contributed by atoms with Crippen molar-refractivity contribution in [1.82, 2.24) is 0 Å². The zero-order valence-electron chi connectivity index (χ0n) is 19.9. The van der Waals surface area contributed by atoms with E-state index in [1.54, 1.807) is 36.4 Å². The Labute approximate surface area is 199 Å². The van der Waals surface area contributed by atoms with Gasteiger partial charge in [0.25, 0.3) is 11.8 Å². The van der Waals surface area contributed by atoms with E-state index in [2.05, 4.69) is 0 Å². The number of imide groups is 1. The number of benzene rings is 3. The van der Waals surface area contributed by atoms with Gasteiger partial charge in [-0.15, -0.1) is 0 Å². The first-order chi connectivity index (χ1) is 16.3. The van der Waals surface area contributed by atoms with Gasteiger partial charge < -0.3 is 9.47 Å². The molecule has 174 valence electrons. The standard InChI is InChI=1S/C28H27NO5/c1-16(2)18-10-8-11-19(17(3)4)25(18)29-26(30)20-12-9-13-21(24(20)27(29)31)28(32)34-23-15-7-6-14-22(23)33-5/h6-17H,1-5H3. The van der Waals surface area contributed by atoms with Crippen molar-refractivity contribution in [2.75, 3.05) is 12.0 Å². The second-order valence-electron chi connectivity index (χ2n) is 8.81. The highest BCUT2D eigenvalue weighted by Gasteiger charge is 2.42. The van der Waals surface area contributed by atoms with Gasteiger partial charge in [0, 0.05) is 0 Å². The summed E-state index contributed by atoms with van der Waals surface area (Å²) in [5, 5.41) is 0. The molecule has 3 aromatic rings. The maximum Gasteiger partial charge on any atom is 0.344 e. The molecule has 0 radical (unpaired) electrons. The van der Waals surface area contributed by atoms with Gasteiger partial charge in [0.1, 0.15) is 0 Å². The quantitative estimate of drug-likeness (QED) is 0.259. The highest BCUT2D eigenvalue weighted by Crippen LogP contribution is 2.40. The molecule has 0 aromatic heterocycles. The maximum absolute atomic E-state index is 13.7. The molecule has 1 aliphatic rings. The van der Waals surface area contributed by atoms with Crippen LogP contribution in [0.5, 0.6) is 11.5 Å². The predicted octanol–water partition coefficient (Wildman–Crippen LogP) is 5.96. The molecule has 2 amide bonds. The summed E-state index contributed by atoms with van der Waals surface area (Å²) in [6.07, 6.45) is 0. The van der Waals surface area contributed by atoms with Crippen molar-refractivity contribution < 1.29 is 23.9 Å². The summed E-state index contributed by atoms with van der Waals surface area (Å²) < 4.78 is 10.8. The average molecular weight is 458 g/mol. The summed E-state index contributed by atoms with van der Waals surface area (Å²) in [7, 11) is 1.48. The lowest BCUT2D eigenvalue weighted by atomic mass is 9.92. The Morgan fingerprint density at radius 2 is 1.35 bits per heavy atom. The summed E-state index contributed by atoms with van der Waals surface area (Å²) in [5.74, 6) is -0.899. The minimum Gasteiger partial charge on any atom is -0.493 e. The van der Waals surface area contributed by atoms with E-state index < -0.39 is 17.8 Å². The molecule has 0 unspecified atom stereocenters. The molecule has 34 heavy (non-hydrogen) atoms. The van der Waals surface area contributed by atoms with Gasteiger partial charge >= 0.3 is 5.97 Å². The van der Waals surface area contributed by atoms with Gasteiger partial charge in [-0.25, -0.2) is 9.69 Å². The Morgan fingerprint density at radius 1 is 0.765 bits per heavy atom. The summed E-state index contributed by atoms with van der Waals surface area (Å²) in [5.41, 5.74) is 2.69. The van der Waals surface area contributed by atoms with Gasteiger partial charge in [-0.3, -0.25) is 9.59 Å². The van der Waals surface area contributed by atoms with Crippen LogP contribution in [0.4, 0.5) is 5.69 Å². The van der Waals surface area contributed by atoms with Crippen LogP contribution in [0.25, 0.3) is 0 Å². The van der Waals surface area contributed by atoms with Crippen molar-refractivity contribution in [1.29, 1.82) is 0 Å². The molecular weight excluding hydrogens is 430 g/mol. The molecule has 4 rings (SSSR count). The van der Waals surface area contributed by atoms with Gasteiger partial charge in [0.15, 0.2) is 11.5 Å². The molecule has 1 aliphatic heterocycles. The first-order valence-electron chi connectivity index (χ1n) is 11.3. The Bertz CT molecular complexity index is 1270. The Hall–Kier alpha value is -3.93. The zero-order chi connectivity index (χ0) is 24.6. The van der Waals surface area contributed by atoms with Crippen LogP contribution >= 0.6 is 0 Å². The number of rotatable bonds is 6. The molecule has 0 N–H and O–H groups in total. The van der Waals surface area contributed by atoms with E-state index in [0.29, 0.717) is 11.4 Å². The normalized spacial score (nSPS) is 13.0. The van der Waals surface area contributed by atoms with E-state index in [1.165, 1.54) is 18.1 Å². The number of carbonyl (C=O) groups is 3. The van der Waals surface area contributed by atoms with Crippen molar-refractivity contribution in [3.63, 3.8) is 0 Å². The van der Waals surface area contributed by atoms with E-state index in [4.69, 9.17) is 9.47 Å². The summed E-state index contributed by atoms with van der Waals surface area (Å²) >= 11 is 0. The van der Waals surface area contributed by atoms with Crippen molar-refractivity contribution in [3.8, 4) is 11.5 Å². The fourth-order valence-corrected chi connectivity index (χ4v) is 4.29. The Morgan fingerprint density at radius 3 is 1.94 bits per heavy atom. The van der Waals surface area contributed by atoms with Crippen molar-refractivity contribution in [2.24, 2.45) is 0 Å². The van der Waals surface area contributed by atoms with E-state index in [-0.39, 0.29) is 34.3 Å². The molecule has 0 spiro atoms. The number of para-hydroxylation sites is 3. The topological polar surface area (TPSA) is 72.9 Å². The third-order valence-electron chi connectivity index (χ3n) is 5.97. The third-order valence-corrected chi connectivity index (χ3v) is 5.97. The molecule has 0 saturated carbocycles. The minimum atomic E-state index is -0.731. The summed E-state index contributed by atoms with van der Waals surface area (Å²) in [6.45, 7) is 8.10. The van der Waals surface area contributed by atoms with Crippen LogP contribution in [-0.4, -0.2) is 24.9 Å². The molecule has 6 heteroatoms. The number of nitrogens with zero attached hydrogens (tertiary/aromatic N) is 1. The highest BCUT2D eigenvalue weighted by atomic mass is 16.6. The molecule has 0 atom stereocenters. The van der Waals surface area contributed by atoms with Crippen molar-refractivity contribution in [3.05, 3.63) is 88.5 Å². The molecule has 0 bridgehead atoms. The second-order valence-corrected chi connectivity index (χ2v) is 8.81. The monoisotopic (exact) mass is 457 g/mol. The number of carbonyl (C=O) groups excluding carboxylic acids is 3. The smallest absolute Gasteiger partial charge is 0.344 e. The van der Waals surface area contributed by atoms with Crippen LogP contribution < -0.4 is 14.4 Å². The zero-order valence-corrected chi connectivity index (χ0v) is 19.9. The average Bonchev–Trinajstić information content (AvgIpc) is 3.08. The summed E-state index contributed by atoms with van der Waals surface area (Å²) in [6, 6.07) is 17.2. The highest BCUT2D eigenvalue weighted by molar-refractivity contribution is 6.36. The van der Waals surface area contributed by atoms with E-state index in [1.807, 2.05) is 45.9 Å². The number of hydrogen-bond donors (Lipinski definition) is 0. The molecule has 3 aromatic carbocycles. The fraction of sp³-hybridized carbons (Fsp3) is 0.250. The predicted molar refractivity (Wildman–Crippen MR) is 130 cm³/mol. The lowest BCUT2D eigenvalue weighted by Crippen LogP contribution is -2.32. The van der Waals surface area contributed by atoms with Crippen LogP contribution in [0.2, 0.25) is 0 Å². The van der Waals surface area contributed by atoms with Gasteiger partial charge in [0.05, 0.1) is 29.5 Å². The summed E-state index contributed by atoms with van der Waals surface area (Å²) in [4.78, 5) is 41.6. The van der Waals surface area contributed by atoms with E-state index >= 15 is 0 Å². The van der Waals surface area contributed by atoms with E-state index in [9.17, 15) is 14.4 Å². The SMILES string of the molecule is COc1ccccc1OC(=O)c1cccc2c1C(=O)N(c1c(C(C)C)cccc1C(C)C)C2=O. The molecule has 0 fully saturated rings. The third kappa shape index (κ3) is 3.85. The Kier molecular flexibility index (Phi) is 6.24. The molecule has 1 heterocycles. The number of esters is 1. The minimum absolute atomic E-state index is 0.0392. The Balaban J connectivity index is 1.81. The first-order valence-corrected chi connectivity index (χ1v) is 11.3. The van der Waals surface area contributed by atoms with Gasteiger partial charge in [-0.05, 0) is 47.2 Å². The van der Waals surface area contributed by atoms with Crippen molar-refractivity contribution in [2.45, 2.75) is 39.5 Å². The number of anilines is 1. The molecule has 0 saturated heterocycles. The van der Waals surface area contributed by atoms with Gasteiger partial charge in [0.2, 0.25) is 0 Å². The van der Waals surface area contributed by atoms with Crippen LogP contribution in [0.1, 0.15) is 81.7 Å². The lowest BCUT2D eigenvalue weighted by molar-refractivity contribution is 0.0724. The number of amides is 2.